The van der Waals surface area contributed by atoms with Crippen LogP contribution >= 0.6 is 0 Å². The number of para-hydroxylation sites is 2. The van der Waals surface area contributed by atoms with Gasteiger partial charge in [-0.25, -0.2) is 0 Å². The number of carbonyl (C=O) groups is 1. The minimum Gasteiger partial charge on any atom is -0.486 e. The molecule has 1 N–H and O–H groups in total. The number of benzene rings is 1. The molecule has 1 aromatic carbocycles. The number of carbonyl (C=O) groups excluding carboxylic acids is 1. The molecule has 0 radical (unpaired) electrons. The van der Waals surface area contributed by atoms with Crippen LogP contribution in [0.5, 0.6) is 11.5 Å². The lowest BCUT2D eigenvalue weighted by atomic mass is 10.2. The van der Waals surface area contributed by atoms with Crippen molar-refractivity contribution in [3.8, 4) is 11.5 Å². The Balaban J connectivity index is 1.42. The van der Waals surface area contributed by atoms with Crippen molar-refractivity contribution < 1.29 is 18.7 Å². The summed E-state index contributed by atoms with van der Waals surface area (Å²) in [4.78, 5) is 11.8. The molecule has 1 atom stereocenters. The molecule has 0 saturated heterocycles. The molecule has 5 nitrogen and oxygen atoms in total. The summed E-state index contributed by atoms with van der Waals surface area (Å²) in [5.41, 5.74) is 0. The van der Waals surface area contributed by atoms with Crippen LogP contribution in [-0.4, -0.2) is 25.2 Å². The Labute approximate surface area is 122 Å². The highest BCUT2D eigenvalue weighted by Gasteiger charge is 2.20. The van der Waals surface area contributed by atoms with Crippen LogP contribution in [0, 0.1) is 0 Å². The zero-order valence-electron chi connectivity index (χ0n) is 11.6. The summed E-state index contributed by atoms with van der Waals surface area (Å²) in [5.74, 6) is 2.27. The summed E-state index contributed by atoms with van der Waals surface area (Å²) in [6.07, 6.45) is 2.45. The summed E-state index contributed by atoms with van der Waals surface area (Å²) in [7, 11) is 0. The largest absolute Gasteiger partial charge is 0.486 e. The zero-order chi connectivity index (χ0) is 14.5. The van der Waals surface area contributed by atoms with E-state index in [1.165, 1.54) is 0 Å². The summed E-state index contributed by atoms with van der Waals surface area (Å²) in [5, 5.41) is 2.86. The van der Waals surface area contributed by atoms with Crippen LogP contribution < -0.4 is 14.8 Å². The number of fused-ring (bicyclic) bond motifs is 1. The molecule has 21 heavy (non-hydrogen) atoms. The Hall–Kier alpha value is -2.43. The topological polar surface area (TPSA) is 60.7 Å². The van der Waals surface area contributed by atoms with Crippen molar-refractivity contribution in [2.24, 2.45) is 0 Å². The second-order valence-electron chi connectivity index (χ2n) is 4.88. The van der Waals surface area contributed by atoms with E-state index in [9.17, 15) is 4.79 Å². The lowest BCUT2D eigenvalue weighted by Crippen LogP contribution is -2.40. The Morgan fingerprint density at radius 3 is 2.86 bits per heavy atom. The third-order valence-corrected chi connectivity index (χ3v) is 3.27. The summed E-state index contributed by atoms with van der Waals surface area (Å²) >= 11 is 0. The monoisotopic (exact) mass is 287 g/mol. The number of hydrogen-bond donors (Lipinski definition) is 1. The van der Waals surface area contributed by atoms with E-state index in [4.69, 9.17) is 13.9 Å². The Morgan fingerprint density at radius 1 is 1.19 bits per heavy atom. The smallest absolute Gasteiger partial charge is 0.220 e. The highest BCUT2D eigenvalue weighted by molar-refractivity contribution is 5.76. The summed E-state index contributed by atoms with van der Waals surface area (Å²) < 4.78 is 16.6. The highest BCUT2D eigenvalue weighted by Crippen LogP contribution is 2.30. The molecule has 0 saturated carbocycles. The van der Waals surface area contributed by atoms with Crippen LogP contribution in [0.25, 0.3) is 0 Å². The van der Waals surface area contributed by atoms with Gasteiger partial charge in [0.1, 0.15) is 18.5 Å². The van der Waals surface area contributed by atoms with Gasteiger partial charge in [-0.1, -0.05) is 12.1 Å². The van der Waals surface area contributed by atoms with E-state index < -0.39 is 0 Å². The fourth-order valence-electron chi connectivity index (χ4n) is 2.17. The normalized spacial score (nSPS) is 16.5. The van der Waals surface area contributed by atoms with Gasteiger partial charge in [-0.2, -0.15) is 0 Å². The molecule has 0 aliphatic carbocycles. The number of rotatable bonds is 5. The predicted octanol–water partition coefficient (Wildman–Crippen LogP) is 2.17. The van der Waals surface area contributed by atoms with Gasteiger partial charge in [0.15, 0.2) is 11.5 Å². The number of ether oxygens (including phenoxy) is 2. The first kappa shape index (κ1) is 13.5. The second-order valence-corrected chi connectivity index (χ2v) is 4.88. The predicted molar refractivity (Wildman–Crippen MR) is 76.4 cm³/mol. The molecule has 1 aliphatic rings. The molecular formula is C16H17NO4. The SMILES string of the molecule is O=C(CCc1ccco1)NCC1COc2ccccc2O1. The molecule has 1 unspecified atom stereocenters. The number of hydrogen-bond acceptors (Lipinski definition) is 4. The quantitative estimate of drug-likeness (QED) is 0.915. The van der Waals surface area contributed by atoms with Crippen LogP contribution in [0.2, 0.25) is 0 Å². The summed E-state index contributed by atoms with van der Waals surface area (Å²) in [6, 6.07) is 11.2. The van der Waals surface area contributed by atoms with Gasteiger partial charge >= 0.3 is 0 Å². The zero-order valence-corrected chi connectivity index (χ0v) is 11.6. The maximum Gasteiger partial charge on any atom is 0.220 e. The number of furan rings is 1. The Kier molecular flexibility index (Phi) is 4.09. The first-order chi connectivity index (χ1) is 10.3. The van der Waals surface area contributed by atoms with E-state index >= 15 is 0 Å². The minimum atomic E-state index is -0.160. The molecule has 1 amide bonds. The maximum atomic E-state index is 11.8. The van der Waals surface area contributed by atoms with E-state index in [0.29, 0.717) is 26.0 Å². The van der Waals surface area contributed by atoms with Crippen molar-refractivity contribution in [2.75, 3.05) is 13.2 Å². The minimum absolute atomic E-state index is 0.0196. The van der Waals surface area contributed by atoms with Gasteiger partial charge < -0.3 is 19.2 Å². The van der Waals surface area contributed by atoms with Crippen LogP contribution in [0.4, 0.5) is 0 Å². The highest BCUT2D eigenvalue weighted by atomic mass is 16.6. The average Bonchev–Trinajstić information content (AvgIpc) is 3.04. The molecule has 110 valence electrons. The van der Waals surface area contributed by atoms with Gasteiger partial charge in [0, 0.05) is 12.8 Å². The van der Waals surface area contributed by atoms with Gasteiger partial charge in [0.2, 0.25) is 5.91 Å². The molecule has 3 rings (SSSR count). The van der Waals surface area contributed by atoms with Gasteiger partial charge in [-0.3, -0.25) is 4.79 Å². The van der Waals surface area contributed by atoms with Crippen molar-refractivity contribution in [3.63, 3.8) is 0 Å². The molecular weight excluding hydrogens is 270 g/mol. The second kappa shape index (κ2) is 6.35. The first-order valence-corrected chi connectivity index (χ1v) is 6.99. The van der Waals surface area contributed by atoms with Crippen LogP contribution in [0.3, 0.4) is 0 Å². The molecule has 1 aromatic heterocycles. The fraction of sp³-hybridized carbons (Fsp3) is 0.312. The first-order valence-electron chi connectivity index (χ1n) is 6.99. The third-order valence-electron chi connectivity index (χ3n) is 3.27. The number of amides is 1. The van der Waals surface area contributed by atoms with E-state index in [-0.39, 0.29) is 12.0 Å². The number of nitrogens with one attached hydrogen (secondary N) is 1. The Morgan fingerprint density at radius 2 is 2.05 bits per heavy atom. The van der Waals surface area contributed by atoms with Crippen molar-refractivity contribution >= 4 is 5.91 Å². The van der Waals surface area contributed by atoms with Gasteiger partial charge in [0.25, 0.3) is 0 Å². The maximum absolute atomic E-state index is 11.8. The molecule has 2 heterocycles. The van der Waals surface area contributed by atoms with E-state index in [1.807, 2.05) is 36.4 Å². The lowest BCUT2D eigenvalue weighted by Gasteiger charge is -2.26. The van der Waals surface area contributed by atoms with Gasteiger partial charge in [-0.15, -0.1) is 0 Å². The molecule has 0 fully saturated rings. The Bertz CT molecular complexity index is 594. The fourth-order valence-corrected chi connectivity index (χ4v) is 2.17. The molecule has 0 bridgehead atoms. The standard InChI is InChI=1S/C16H17NO4/c18-16(8-7-12-4-3-9-19-12)17-10-13-11-20-14-5-1-2-6-15(14)21-13/h1-6,9,13H,7-8,10-11H2,(H,17,18). The van der Waals surface area contributed by atoms with Gasteiger partial charge in [0.05, 0.1) is 12.8 Å². The van der Waals surface area contributed by atoms with Crippen LogP contribution in [0.1, 0.15) is 12.2 Å². The molecule has 5 heteroatoms. The number of aryl methyl sites for hydroxylation is 1. The van der Waals surface area contributed by atoms with Crippen LogP contribution in [-0.2, 0) is 11.2 Å². The van der Waals surface area contributed by atoms with E-state index in [1.54, 1.807) is 6.26 Å². The van der Waals surface area contributed by atoms with Gasteiger partial charge in [-0.05, 0) is 24.3 Å². The average molecular weight is 287 g/mol. The third kappa shape index (κ3) is 3.56. The van der Waals surface area contributed by atoms with Crippen molar-refractivity contribution in [1.29, 1.82) is 0 Å². The lowest BCUT2D eigenvalue weighted by molar-refractivity contribution is -0.121. The van der Waals surface area contributed by atoms with Crippen molar-refractivity contribution in [2.45, 2.75) is 18.9 Å². The van der Waals surface area contributed by atoms with Crippen molar-refractivity contribution in [3.05, 3.63) is 48.4 Å². The molecule has 2 aromatic rings. The summed E-state index contributed by atoms with van der Waals surface area (Å²) in [6.45, 7) is 0.876. The van der Waals surface area contributed by atoms with Crippen molar-refractivity contribution in [1.82, 2.24) is 5.32 Å². The van der Waals surface area contributed by atoms with E-state index in [0.717, 1.165) is 17.3 Å². The molecule has 1 aliphatic heterocycles. The molecule has 0 spiro atoms. The van der Waals surface area contributed by atoms with Crippen LogP contribution in [0.15, 0.2) is 47.1 Å². The van der Waals surface area contributed by atoms with E-state index in [2.05, 4.69) is 5.32 Å².